The Morgan fingerprint density at radius 3 is 2.43 bits per heavy atom. The predicted octanol–water partition coefficient (Wildman–Crippen LogP) is 5.44. The number of rotatable bonds is 8. The maximum Gasteiger partial charge on any atom is 0.291 e. The van der Waals surface area contributed by atoms with Crippen molar-refractivity contribution >= 4 is 34.8 Å². The Morgan fingerprint density at radius 2 is 1.70 bits per heavy atom. The zero-order valence-corrected chi connectivity index (χ0v) is 27.4. The number of nitrogens with one attached hydrogen (secondary N) is 2. The largest absolute Gasteiger partial charge is 0.496 e. The van der Waals surface area contributed by atoms with E-state index < -0.39 is 18.3 Å². The van der Waals surface area contributed by atoms with Crippen molar-refractivity contribution in [3.63, 3.8) is 0 Å². The first-order valence-corrected chi connectivity index (χ1v) is 15.7. The molecular weight excluding hydrogens is 628 g/mol. The third kappa shape index (κ3) is 6.58. The normalized spacial score (nSPS) is 18.2. The van der Waals surface area contributed by atoms with Gasteiger partial charge in [-0.3, -0.25) is 19.5 Å². The van der Waals surface area contributed by atoms with Gasteiger partial charge in [0, 0.05) is 81.0 Å². The van der Waals surface area contributed by atoms with E-state index in [0.29, 0.717) is 45.6 Å². The van der Waals surface area contributed by atoms with Gasteiger partial charge in [0.2, 0.25) is 0 Å². The minimum absolute atomic E-state index is 0.00866. The summed E-state index contributed by atoms with van der Waals surface area (Å²) in [7, 11) is 5.35. The second-order valence-electron chi connectivity index (χ2n) is 12.0. The summed E-state index contributed by atoms with van der Waals surface area (Å²) in [5.41, 5.74) is 5.89. The van der Waals surface area contributed by atoms with Crippen LogP contribution >= 0.6 is 11.6 Å². The molecule has 10 nitrogen and oxygen atoms in total. The van der Waals surface area contributed by atoms with Crippen molar-refractivity contribution in [3.8, 4) is 16.9 Å². The molecule has 2 aliphatic rings. The van der Waals surface area contributed by atoms with Crippen LogP contribution in [0.4, 0.5) is 20.2 Å². The monoisotopic (exact) mass is 663 g/mol. The number of ether oxygens (including phenoxy) is 1. The van der Waals surface area contributed by atoms with Gasteiger partial charge in [-0.05, 0) is 37.2 Å². The van der Waals surface area contributed by atoms with E-state index in [0.717, 1.165) is 35.5 Å². The molecule has 0 saturated carbocycles. The Labute approximate surface area is 276 Å². The van der Waals surface area contributed by atoms with E-state index in [1.807, 2.05) is 37.7 Å². The summed E-state index contributed by atoms with van der Waals surface area (Å²) in [6.45, 7) is 3.70. The number of likely N-dealkylation sites (N-methyl/N-ethyl adjacent to an activating group) is 1. The molecule has 2 aliphatic heterocycles. The molecule has 246 valence electrons. The molecule has 2 aromatic heterocycles. The van der Waals surface area contributed by atoms with Crippen LogP contribution in [-0.2, 0) is 26.6 Å². The summed E-state index contributed by atoms with van der Waals surface area (Å²) in [5.74, 6) is -0.0882. The molecule has 6 rings (SSSR count). The van der Waals surface area contributed by atoms with Crippen LogP contribution in [0.1, 0.15) is 43.6 Å². The van der Waals surface area contributed by atoms with Crippen LogP contribution in [0.25, 0.3) is 11.1 Å². The lowest BCUT2D eigenvalue weighted by atomic mass is 9.98. The molecular formula is C34H36ClF2N7O3. The number of pyridine rings is 1. The number of imidazole rings is 1. The lowest BCUT2D eigenvalue weighted by Crippen LogP contribution is -2.27. The van der Waals surface area contributed by atoms with Gasteiger partial charge in [0.15, 0.2) is 5.82 Å². The highest BCUT2D eigenvalue weighted by Gasteiger charge is 2.33. The van der Waals surface area contributed by atoms with Crippen LogP contribution < -0.4 is 15.4 Å². The van der Waals surface area contributed by atoms with Gasteiger partial charge in [0.1, 0.15) is 23.8 Å². The third-order valence-electron chi connectivity index (χ3n) is 8.82. The molecule has 0 spiro atoms. The number of benzene rings is 2. The average Bonchev–Trinajstić information content (AvgIpc) is 3.55. The number of amides is 2. The molecule has 4 heterocycles. The Hall–Kier alpha value is -4.39. The molecule has 1 saturated heterocycles. The number of hydrogen-bond donors (Lipinski definition) is 2. The van der Waals surface area contributed by atoms with Crippen molar-refractivity contribution in [2.45, 2.75) is 38.8 Å². The molecule has 4 aromatic rings. The maximum atomic E-state index is 13.7. The van der Waals surface area contributed by atoms with E-state index in [1.54, 1.807) is 29.2 Å². The summed E-state index contributed by atoms with van der Waals surface area (Å²) >= 11 is 6.88. The smallest absolute Gasteiger partial charge is 0.291 e. The van der Waals surface area contributed by atoms with Gasteiger partial charge in [-0.15, -0.1) is 0 Å². The summed E-state index contributed by atoms with van der Waals surface area (Å²) in [4.78, 5) is 39.4. The number of nitrogens with zero attached hydrogens (tertiary/aromatic N) is 5. The highest BCUT2D eigenvalue weighted by molar-refractivity contribution is 6.36. The number of carbonyl (C=O) groups is 2. The van der Waals surface area contributed by atoms with Crippen molar-refractivity contribution < 1.29 is 23.1 Å². The van der Waals surface area contributed by atoms with Gasteiger partial charge in [-0.25, -0.2) is 13.8 Å². The molecule has 0 bridgehead atoms. The van der Waals surface area contributed by atoms with Gasteiger partial charge in [-0.2, -0.15) is 0 Å². The number of hydrogen-bond acceptors (Lipinski definition) is 7. The van der Waals surface area contributed by atoms with E-state index in [-0.39, 0.29) is 31.2 Å². The molecule has 47 heavy (non-hydrogen) atoms. The lowest BCUT2D eigenvalue weighted by molar-refractivity contribution is 0.100. The first-order chi connectivity index (χ1) is 22.5. The fourth-order valence-corrected chi connectivity index (χ4v) is 6.47. The number of fused-ring (bicyclic) bond motifs is 1. The fourth-order valence-electron chi connectivity index (χ4n) is 6.19. The van der Waals surface area contributed by atoms with Crippen LogP contribution in [0.15, 0.2) is 48.7 Å². The van der Waals surface area contributed by atoms with Crippen LogP contribution in [0.5, 0.6) is 5.75 Å². The third-order valence-corrected chi connectivity index (χ3v) is 9.22. The summed E-state index contributed by atoms with van der Waals surface area (Å²) in [5, 5.41) is 6.20. The molecule has 13 heteroatoms. The molecule has 1 fully saturated rings. The van der Waals surface area contributed by atoms with Crippen molar-refractivity contribution in [2.24, 2.45) is 7.05 Å². The highest BCUT2D eigenvalue weighted by atomic mass is 35.5. The van der Waals surface area contributed by atoms with E-state index in [2.05, 4.69) is 25.5 Å². The van der Waals surface area contributed by atoms with Gasteiger partial charge in [-0.1, -0.05) is 35.9 Å². The SMILES string of the molecule is COc1cc(C(=O)Nc2cccc(-c3cccc(NC(=O)c4nc5c(n4C)CCN(C)C5)c3Cl)c2C)ncc1CN1C[C@H](F)[C@@H](F)C1. The molecule has 2 aromatic carbocycles. The van der Waals surface area contributed by atoms with E-state index in [1.165, 1.54) is 19.4 Å². The Kier molecular flexibility index (Phi) is 9.27. The summed E-state index contributed by atoms with van der Waals surface area (Å²) < 4.78 is 34.7. The summed E-state index contributed by atoms with van der Waals surface area (Å²) in [6, 6.07) is 12.4. The zero-order chi connectivity index (χ0) is 33.4. The Balaban J connectivity index is 1.19. The van der Waals surface area contributed by atoms with Crippen molar-refractivity contribution in [1.29, 1.82) is 0 Å². The highest BCUT2D eigenvalue weighted by Crippen LogP contribution is 2.38. The molecule has 2 N–H and O–H groups in total. The number of likely N-dealkylation sites (tertiary alicyclic amines) is 1. The second kappa shape index (κ2) is 13.4. The van der Waals surface area contributed by atoms with Crippen molar-refractivity contribution in [3.05, 3.63) is 87.7 Å². The standard InChI is InChI=1S/C34H36ClF2N7O3/c1-19-21(22-8-6-10-26(31(22)35)41-34(46)32-39-28-18-42(2)12-11-29(28)43(32)3)7-5-9-25(19)40-33(45)27-13-30(47-4)20(14-38-27)15-44-16-23(36)24(37)17-44/h5-10,13-14,23-24H,11-12,15-18H2,1-4H3,(H,40,45)(H,41,46)/t23-,24-/m0/s1. The quantitative estimate of drug-likeness (QED) is 0.259. The van der Waals surface area contributed by atoms with Crippen LogP contribution in [0.3, 0.4) is 0 Å². The molecule has 0 unspecified atom stereocenters. The van der Waals surface area contributed by atoms with Crippen molar-refractivity contribution in [2.75, 3.05) is 44.4 Å². The number of halogens is 3. The minimum Gasteiger partial charge on any atom is -0.496 e. The number of anilines is 2. The molecule has 2 atom stereocenters. The second-order valence-corrected chi connectivity index (χ2v) is 12.4. The molecule has 2 amide bonds. The Bertz CT molecular complexity index is 1840. The number of methoxy groups -OCH3 is 1. The van der Waals surface area contributed by atoms with Crippen LogP contribution in [-0.4, -0.2) is 82.3 Å². The van der Waals surface area contributed by atoms with Crippen LogP contribution in [0, 0.1) is 6.92 Å². The fraction of sp³-hybridized carbons (Fsp3) is 0.353. The van der Waals surface area contributed by atoms with E-state index >= 15 is 0 Å². The Morgan fingerprint density at radius 1 is 1.02 bits per heavy atom. The van der Waals surface area contributed by atoms with Gasteiger partial charge in [0.25, 0.3) is 11.8 Å². The molecule has 0 aliphatic carbocycles. The molecule has 0 radical (unpaired) electrons. The van der Waals surface area contributed by atoms with Gasteiger partial charge < -0.3 is 24.8 Å². The topological polar surface area (TPSA) is 105 Å². The first-order valence-electron chi connectivity index (χ1n) is 15.3. The zero-order valence-electron chi connectivity index (χ0n) is 26.6. The van der Waals surface area contributed by atoms with E-state index in [9.17, 15) is 18.4 Å². The number of carbonyl (C=O) groups excluding carboxylic acids is 2. The predicted molar refractivity (Wildman–Crippen MR) is 177 cm³/mol. The summed E-state index contributed by atoms with van der Waals surface area (Å²) in [6.07, 6.45) is -0.724. The van der Waals surface area contributed by atoms with E-state index in [4.69, 9.17) is 16.3 Å². The lowest BCUT2D eigenvalue weighted by Gasteiger charge is -2.21. The first kappa shape index (κ1) is 32.5. The minimum atomic E-state index is -1.52. The average molecular weight is 664 g/mol. The number of alkyl halides is 2. The van der Waals surface area contributed by atoms with Crippen LogP contribution in [0.2, 0.25) is 5.02 Å². The van der Waals surface area contributed by atoms with Gasteiger partial charge in [0.05, 0.1) is 23.5 Å². The number of aromatic nitrogens is 3. The van der Waals surface area contributed by atoms with Gasteiger partial charge >= 0.3 is 0 Å². The van der Waals surface area contributed by atoms with Crippen molar-refractivity contribution in [1.82, 2.24) is 24.3 Å². The maximum absolute atomic E-state index is 13.7.